The molecule has 1 N–H and O–H groups in total. The first kappa shape index (κ1) is 14.0. The lowest BCUT2D eigenvalue weighted by atomic mass is 10.1. The second kappa shape index (κ2) is 6.15. The molecular weight excluding hydrogens is 258 g/mol. The number of aliphatic carboxylic acids is 1. The van der Waals surface area contributed by atoms with Crippen LogP contribution < -0.4 is 4.90 Å². The lowest BCUT2D eigenvalue weighted by molar-refractivity contribution is -0.131. The van der Waals surface area contributed by atoms with E-state index >= 15 is 0 Å². The van der Waals surface area contributed by atoms with Crippen molar-refractivity contribution in [3.8, 4) is 0 Å². The largest absolute Gasteiger partial charge is 0.478 e. The molecule has 1 heterocycles. The number of carbonyl (C=O) groups is 1. The zero-order valence-electron chi connectivity index (χ0n) is 11.2. The van der Waals surface area contributed by atoms with Gasteiger partial charge < -0.3 is 10.0 Å². The van der Waals surface area contributed by atoms with E-state index in [1.165, 1.54) is 5.69 Å². The van der Waals surface area contributed by atoms with Crippen LogP contribution in [-0.2, 0) is 4.79 Å². The maximum absolute atomic E-state index is 10.5. The van der Waals surface area contributed by atoms with E-state index < -0.39 is 5.97 Å². The second-order valence-electron chi connectivity index (χ2n) is 4.93. The van der Waals surface area contributed by atoms with E-state index in [9.17, 15) is 4.79 Å². The molecular formula is C15H19NO2S. The number of carboxylic acids is 1. The Morgan fingerprint density at radius 3 is 2.37 bits per heavy atom. The highest BCUT2D eigenvalue weighted by Crippen LogP contribution is 2.28. The zero-order valence-corrected chi connectivity index (χ0v) is 12.1. The van der Waals surface area contributed by atoms with Crippen molar-refractivity contribution < 1.29 is 9.90 Å². The number of hydrogen-bond donors (Lipinski definition) is 1. The summed E-state index contributed by atoms with van der Waals surface area (Å²) in [6.45, 7) is 6.66. The van der Waals surface area contributed by atoms with Gasteiger partial charge in [0.1, 0.15) is 0 Å². The number of anilines is 1. The molecule has 1 aromatic rings. The Kier molecular flexibility index (Phi) is 4.53. The molecule has 1 saturated heterocycles. The number of carboxylic acid groups (broad SMARTS) is 1. The molecule has 102 valence electrons. The molecule has 0 radical (unpaired) electrons. The van der Waals surface area contributed by atoms with Crippen LogP contribution in [0.1, 0.15) is 19.4 Å². The molecule has 0 aromatic heterocycles. The third-order valence-corrected chi connectivity index (χ3v) is 4.32. The number of thioether (sulfide) groups is 1. The molecule has 0 aliphatic carbocycles. The van der Waals surface area contributed by atoms with Crippen molar-refractivity contribution in [1.29, 1.82) is 0 Å². The third-order valence-electron chi connectivity index (χ3n) is 3.10. The van der Waals surface area contributed by atoms with Crippen LogP contribution in [0.4, 0.5) is 5.69 Å². The van der Waals surface area contributed by atoms with Crippen LogP contribution in [0.2, 0.25) is 0 Å². The number of rotatable bonds is 3. The first-order valence-electron chi connectivity index (χ1n) is 6.46. The molecule has 4 heteroatoms. The van der Waals surface area contributed by atoms with E-state index in [0.29, 0.717) is 10.5 Å². The van der Waals surface area contributed by atoms with Gasteiger partial charge in [0.15, 0.2) is 0 Å². The van der Waals surface area contributed by atoms with Crippen molar-refractivity contribution in [2.45, 2.75) is 24.3 Å². The molecule has 3 nitrogen and oxygen atoms in total. The topological polar surface area (TPSA) is 40.5 Å². The van der Waals surface area contributed by atoms with Crippen LogP contribution in [0, 0.1) is 0 Å². The Balaban J connectivity index is 2.07. The highest BCUT2D eigenvalue weighted by Gasteiger charge is 2.22. The van der Waals surface area contributed by atoms with E-state index in [2.05, 4.69) is 30.9 Å². The van der Waals surface area contributed by atoms with Gasteiger partial charge in [0.05, 0.1) is 0 Å². The van der Waals surface area contributed by atoms with Gasteiger partial charge in [-0.2, -0.15) is 11.8 Å². The van der Waals surface area contributed by atoms with Crippen LogP contribution in [0.15, 0.2) is 30.3 Å². The van der Waals surface area contributed by atoms with Crippen LogP contribution in [0.25, 0.3) is 6.08 Å². The van der Waals surface area contributed by atoms with Gasteiger partial charge in [-0.3, -0.25) is 0 Å². The Morgan fingerprint density at radius 1 is 1.26 bits per heavy atom. The van der Waals surface area contributed by atoms with E-state index in [0.717, 1.165) is 24.7 Å². The minimum absolute atomic E-state index is 0.648. The van der Waals surface area contributed by atoms with Crippen molar-refractivity contribution in [2.75, 3.05) is 18.0 Å². The van der Waals surface area contributed by atoms with Gasteiger partial charge in [0.2, 0.25) is 0 Å². The van der Waals surface area contributed by atoms with E-state index in [-0.39, 0.29) is 0 Å². The zero-order chi connectivity index (χ0) is 13.8. The first-order valence-corrected chi connectivity index (χ1v) is 7.40. The number of nitrogens with zero attached hydrogens (tertiary/aromatic N) is 1. The van der Waals surface area contributed by atoms with Crippen LogP contribution in [0.3, 0.4) is 0 Å². The van der Waals surface area contributed by atoms with Gasteiger partial charge in [0, 0.05) is 35.4 Å². The number of benzene rings is 1. The van der Waals surface area contributed by atoms with E-state index in [4.69, 9.17) is 5.11 Å². The molecule has 0 saturated carbocycles. The quantitative estimate of drug-likeness (QED) is 0.862. The summed E-state index contributed by atoms with van der Waals surface area (Å²) in [6, 6.07) is 8.06. The normalized spacial score (nSPS) is 23.8. The molecule has 2 rings (SSSR count). The lowest BCUT2D eigenvalue weighted by Crippen LogP contribution is -2.40. The molecule has 0 spiro atoms. The maximum Gasteiger partial charge on any atom is 0.328 e. The van der Waals surface area contributed by atoms with Gasteiger partial charge in [-0.15, -0.1) is 0 Å². The van der Waals surface area contributed by atoms with E-state index in [1.54, 1.807) is 6.08 Å². The maximum atomic E-state index is 10.5. The Hall–Kier alpha value is -1.42. The minimum atomic E-state index is -0.917. The average molecular weight is 277 g/mol. The van der Waals surface area contributed by atoms with Crippen molar-refractivity contribution in [1.82, 2.24) is 0 Å². The van der Waals surface area contributed by atoms with Gasteiger partial charge >= 0.3 is 5.97 Å². The monoisotopic (exact) mass is 277 g/mol. The first-order chi connectivity index (χ1) is 9.04. The molecule has 19 heavy (non-hydrogen) atoms. The highest BCUT2D eigenvalue weighted by atomic mass is 32.2. The van der Waals surface area contributed by atoms with Gasteiger partial charge in [-0.1, -0.05) is 26.0 Å². The molecule has 1 aromatic carbocycles. The fourth-order valence-electron chi connectivity index (χ4n) is 2.35. The number of hydrogen-bond acceptors (Lipinski definition) is 3. The SMILES string of the molecule is CC1CN(c2ccc(C=CC(=O)O)cc2)CC(C)S1. The Morgan fingerprint density at radius 2 is 1.84 bits per heavy atom. The predicted molar refractivity (Wildman–Crippen MR) is 81.8 cm³/mol. The van der Waals surface area contributed by atoms with Crippen LogP contribution >= 0.6 is 11.8 Å². The smallest absolute Gasteiger partial charge is 0.328 e. The minimum Gasteiger partial charge on any atom is -0.478 e. The molecule has 2 unspecified atom stereocenters. The summed E-state index contributed by atoms with van der Waals surface area (Å²) in [5.74, 6) is -0.917. The molecule has 2 atom stereocenters. The van der Waals surface area contributed by atoms with Crippen molar-refractivity contribution in [3.05, 3.63) is 35.9 Å². The van der Waals surface area contributed by atoms with Crippen LogP contribution in [0.5, 0.6) is 0 Å². The average Bonchev–Trinajstić information content (AvgIpc) is 2.36. The van der Waals surface area contributed by atoms with E-state index in [1.807, 2.05) is 23.9 Å². The predicted octanol–water partition coefficient (Wildman–Crippen LogP) is 3.11. The molecule has 0 amide bonds. The summed E-state index contributed by atoms with van der Waals surface area (Å²) < 4.78 is 0. The summed E-state index contributed by atoms with van der Waals surface area (Å²) in [7, 11) is 0. The van der Waals surface area contributed by atoms with Crippen LogP contribution in [-0.4, -0.2) is 34.7 Å². The molecule has 1 fully saturated rings. The Bertz CT molecular complexity index is 460. The van der Waals surface area contributed by atoms with Gasteiger partial charge in [-0.05, 0) is 23.8 Å². The third kappa shape index (κ3) is 4.03. The second-order valence-corrected chi connectivity index (χ2v) is 6.81. The molecule has 1 aliphatic rings. The standard InChI is InChI=1S/C15H19NO2S/c1-11-9-16(10-12(2)19-11)14-6-3-13(4-7-14)5-8-15(17)18/h3-8,11-12H,9-10H2,1-2H3,(H,17,18). The fourth-order valence-corrected chi connectivity index (χ4v) is 3.68. The fraction of sp³-hybridized carbons (Fsp3) is 0.400. The summed E-state index contributed by atoms with van der Waals surface area (Å²) in [5, 5.41) is 9.89. The van der Waals surface area contributed by atoms with Gasteiger partial charge in [0.25, 0.3) is 0 Å². The lowest BCUT2D eigenvalue weighted by Gasteiger charge is -2.36. The highest BCUT2D eigenvalue weighted by molar-refractivity contribution is 8.00. The van der Waals surface area contributed by atoms with Gasteiger partial charge in [-0.25, -0.2) is 4.79 Å². The van der Waals surface area contributed by atoms with Crippen molar-refractivity contribution in [3.63, 3.8) is 0 Å². The Labute approximate surface area is 118 Å². The summed E-state index contributed by atoms with van der Waals surface area (Å²) in [5.41, 5.74) is 2.13. The van der Waals surface area contributed by atoms with Crippen molar-refractivity contribution >= 4 is 29.5 Å². The summed E-state index contributed by atoms with van der Waals surface area (Å²) in [6.07, 6.45) is 2.78. The summed E-state index contributed by atoms with van der Waals surface area (Å²) >= 11 is 2.04. The molecule has 1 aliphatic heterocycles. The van der Waals surface area contributed by atoms with Crippen molar-refractivity contribution in [2.24, 2.45) is 0 Å². The summed E-state index contributed by atoms with van der Waals surface area (Å²) in [4.78, 5) is 12.9. The molecule has 0 bridgehead atoms.